The first-order valence-corrected chi connectivity index (χ1v) is 6.68. The number of hydrogen-bond acceptors (Lipinski definition) is 1. The van der Waals surface area contributed by atoms with Crippen LogP contribution in [0, 0.1) is 5.82 Å². The number of amides is 1. The Labute approximate surface area is 110 Å². The Bertz CT molecular complexity index is 424. The fourth-order valence-electron chi connectivity index (χ4n) is 1.74. The molecule has 1 fully saturated rings. The summed E-state index contributed by atoms with van der Waals surface area (Å²) in [6.07, 6.45) is 0.943. The van der Waals surface area contributed by atoms with Crippen LogP contribution in [-0.4, -0.2) is 28.7 Å². The molecule has 2 nitrogen and oxygen atoms in total. The molecule has 1 aliphatic heterocycles. The zero-order valence-electron chi connectivity index (χ0n) is 8.42. The zero-order valence-corrected chi connectivity index (χ0v) is 11.6. The number of rotatable bonds is 1. The molecule has 5 heteroatoms. The Morgan fingerprint density at radius 2 is 2.25 bits per heavy atom. The number of alkyl halides is 1. The van der Waals surface area contributed by atoms with E-state index in [0.717, 1.165) is 13.0 Å². The van der Waals surface area contributed by atoms with Crippen LogP contribution in [0.3, 0.4) is 0 Å². The monoisotopic (exact) mass is 349 g/mol. The first kappa shape index (κ1) is 12.0. The van der Waals surface area contributed by atoms with E-state index in [1.165, 1.54) is 6.07 Å². The van der Waals surface area contributed by atoms with Gasteiger partial charge in [-0.15, -0.1) is 0 Å². The Hall–Kier alpha value is -0.420. The van der Waals surface area contributed by atoms with Crippen molar-refractivity contribution in [1.29, 1.82) is 0 Å². The van der Waals surface area contributed by atoms with Crippen LogP contribution >= 0.6 is 31.9 Å². The molecule has 2 rings (SSSR count). The second-order valence-corrected chi connectivity index (χ2v) is 5.83. The van der Waals surface area contributed by atoms with E-state index in [1.807, 2.05) is 0 Å². The van der Waals surface area contributed by atoms with Crippen LogP contribution in [-0.2, 0) is 0 Å². The number of benzene rings is 1. The Kier molecular flexibility index (Phi) is 3.64. The van der Waals surface area contributed by atoms with Crippen LogP contribution in [0.2, 0.25) is 0 Å². The average molecular weight is 351 g/mol. The summed E-state index contributed by atoms with van der Waals surface area (Å²) < 4.78 is 13.5. The summed E-state index contributed by atoms with van der Waals surface area (Å²) in [4.78, 5) is 14.2. The number of carbonyl (C=O) groups is 1. The normalized spacial score (nSPS) is 20.2. The first-order valence-electron chi connectivity index (χ1n) is 4.97. The smallest absolute Gasteiger partial charge is 0.255 e. The van der Waals surface area contributed by atoms with Gasteiger partial charge < -0.3 is 4.90 Å². The Balaban J connectivity index is 2.24. The molecule has 0 spiro atoms. The number of hydrogen-bond donors (Lipinski definition) is 0. The predicted molar refractivity (Wildman–Crippen MR) is 67.3 cm³/mol. The minimum absolute atomic E-state index is 0.117. The van der Waals surface area contributed by atoms with Crippen LogP contribution in [0.15, 0.2) is 22.7 Å². The molecule has 1 saturated heterocycles. The molecule has 0 bridgehead atoms. The largest absolute Gasteiger partial charge is 0.337 e. The summed E-state index contributed by atoms with van der Waals surface area (Å²) in [7, 11) is 0. The topological polar surface area (TPSA) is 20.3 Å². The molecule has 0 saturated carbocycles. The van der Waals surface area contributed by atoms with Gasteiger partial charge in [0, 0.05) is 17.9 Å². The van der Waals surface area contributed by atoms with Crippen molar-refractivity contribution >= 4 is 37.8 Å². The predicted octanol–water partition coefficient (Wildman–Crippen LogP) is 3.20. The van der Waals surface area contributed by atoms with Crippen molar-refractivity contribution in [2.45, 2.75) is 11.2 Å². The van der Waals surface area contributed by atoms with Gasteiger partial charge in [0.2, 0.25) is 0 Å². The molecule has 1 atom stereocenters. The van der Waals surface area contributed by atoms with E-state index < -0.39 is 5.82 Å². The fraction of sp³-hybridized carbons (Fsp3) is 0.364. The SMILES string of the molecule is O=C(c1cccc(F)c1Br)N1CCC(Br)C1. The van der Waals surface area contributed by atoms with Crippen LogP contribution < -0.4 is 0 Å². The highest BCUT2D eigenvalue weighted by atomic mass is 79.9. The van der Waals surface area contributed by atoms with Crippen molar-refractivity contribution in [3.8, 4) is 0 Å². The van der Waals surface area contributed by atoms with Gasteiger partial charge in [-0.05, 0) is 34.5 Å². The second-order valence-electron chi connectivity index (χ2n) is 3.74. The average Bonchev–Trinajstić information content (AvgIpc) is 2.68. The molecule has 0 radical (unpaired) electrons. The van der Waals surface area contributed by atoms with Crippen molar-refractivity contribution in [2.24, 2.45) is 0 Å². The molecular formula is C11H10Br2FNO. The van der Waals surface area contributed by atoms with Gasteiger partial charge in [-0.3, -0.25) is 4.79 Å². The van der Waals surface area contributed by atoms with Crippen LogP contribution in [0.4, 0.5) is 4.39 Å². The van der Waals surface area contributed by atoms with E-state index in [-0.39, 0.29) is 10.4 Å². The highest BCUT2D eigenvalue weighted by Crippen LogP contribution is 2.24. The number of carbonyl (C=O) groups excluding carboxylic acids is 1. The van der Waals surface area contributed by atoms with Crippen molar-refractivity contribution in [1.82, 2.24) is 4.90 Å². The third-order valence-electron chi connectivity index (χ3n) is 2.60. The molecule has 1 aromatic rings. The van der Waals surface area contributed by atoms with E-state index in [4.69, 9.17) is 0 Å². The van der Waals surface area contributed by atoms with E-state index >= 15 is 0 Å². The zero-order chi connectivity index (χ0) is 11.7. The van der Waals surface area contributed by atoms with Crippen molar-refractivity contribution in [3.05, 3.63) is 34.1 Å². The highest BCUT2D eigenvalue weighted by molar-refractivity contribution is 9.10. The maximum absolute atomic E-state index is 13.3. The van der Waals surface area contributed by atoms with Gasteiger partial charge in [-0.2, -0.15) is 0 Å². The molecule has 0 N–H and O–H groups in total. The molecule has 1 aromatic carbocycles. The lowest BCUT2D eigenvalue weighted by Crippen LogP contribution is -2.29. The lowest BCUT2D eigenvalue weighted by atomic mass is 10.2. The summed E-state index contributed by atoms with van der Waals surface area (Å²) in [5.74, 6) is -0.520. The van der Waals surface area contributed by atoms with Crippen LogP contribution in [0.5, 0.6) is 0 Å². The third kappa shape index (κ3) is 2.30. The maximum atomic E-state index is 13.3. The third-order valence-corrected chi connectivity index (χ3v) is 4.15. The second kappa shape index (κ2) is 4.84. The van der Waals surface area contributed by atoms with Gasteiger partial charge in [0.25, 0.3) is 5.91 Å². The van der Waals surface area contributed by atoms with Gasteiger partial charge in [-0.25, -0.2) is 4.39 Å². The van der Waals surface area contributed by atoms with Gasteiger partial charge in [0.15, 0.2) is 0 Å². The van der Waals surface area contributed by atoms with Crippen LogP contribution in [0.25, 0.3) is 0 Å². The molecule has 1 aliphatic rings. The standard InChI is InChI=1S/C11H10Br2FNO/c12-7-4-5-15(6-7)11(16)8-2-1-3-9(14)10(8)13/h1-3,7H,4-6H2. The van der Waals surface area contributed by atoms with Crippen molar-refractivity contribution in [2.75, 3.05) is 13.1 Å². The quantitative estimate of drug-likeness (QED) is 0.712. The molecule has 0 aliphatic carbocycles. The highest BCUT2D eigenvalue weighted by Gasteiger charge is 2.26. The summed E-state index contributed by atoms with van der Waals surface area (Å²) in [6.45, 7) is 1.40. The van der Waals surface area contributed by atoms with Gasteiger partial charge in [0.1, 0.15) is 5.82 Å². The Morgan fingerprint density at radius 3 is 2.88 bits per heavy atom. The summed E-state index contributed by atoms with van der Waals surface area (Å²) >= 11 is 6.58. The van der Waals surface area contributed by atoms with Crippen molar-refractivity contribution in [3.63, 3.8) is 0 Å². The summed E-state index contributed by atoms with van der Waals surface area (Å²) in [6, 6.07) is 4.52. The van der Waals surface area contributed by atoms with Gasteiger partial charge in [0.05, 0.1) is 10.0 Å². The summed E-state index contributed by atoms with van der Waals surface area (Å²) in [5.41, 5.74) is 0.390. The van der Waals surface area contributed by atoms with E-state index in [2.05, 4.69) is 31.9 Å². The molecule has 86 valence electrons. The molecular weight excluding hydrogens is 341 g/mol. The van der Waals surface area contributed by atoms with E-state index in [9.17, 15) is 9.18 Å². The minimum atomic E-state index is -0.402. The lowest BCUT2D eigenvalue weighted by Gasteiger charge is -2.16. The first-order chi connectivity index (χ1) is 7.59. The van der Waals surface area contributed by atoms with Crippen LogP contribution in [0.1, 0.15) is 16.8 Å². The van der Waals surface area contributed by atoms with E-state index in [1.54, 1.807) is 17.0 Å². The number of nitrogens with zero attached hydrogens (tertiary/aromatic N) is 1. The van der Waals surface area contributed by atoms with E-state index in [0.29, 0.717) is 16.9 Å². The maximum Gasteiger partial charge on any atom is 0.255 e. The number of likely N-dealkylation sites (tertiary alicyclic amines) is 1. The fourth-order valence-corrected chi connectivity index (χ4v) is 2.73. The number of halogens is 3. The van der Waals surface area contributed by atoms with Gasteiger partial charge >= 0.3 is 0 Å². The Morgan fingerprint density at radius 1 is 1.50 bits per heavy atom. The molecule has 1 unspecified atom stereocenters. The molecule has 0 aromatic heterocycles. The van der Waals surface area contributed by atoms with Gasteiger partial charge in [-0.1, -0.05) is 22.0 Å². The van der Waals surface area contributed by atoms with Crippen molar-refractivity contribution < 1.29 is 9.18 Å². The molecule has 16 heavy (non-hydrogen) atoms. The lowest BCUT2D eigenvalue weighted by molar-refractivity contribution is 0.0792. The molecule has 1 heterocycles. The summed E-state index contributed by atoms with van der Waals surface area (Å²) in [5, 5.41) is 0. The minimum Gasteiger partial charge on any atom is -0.337 e. The molecule has 1 amide bonds.